The van der Waals surface area contributed by atoms with Gasteiger partial charge >= 0.3 is 0 Å². The van der Waals surface area contributed by atoms with Crippen molar-refractivity contribution in [3.63, 3.8) is 0 Å². The van der Waals surface area contributed by atoms with Crippen molar-refractivity contribution in [1.82, 2.24) is 15.0 Å². The Balaban J connectivity index is 1.61. The molecule has 9 nitrogen and oxygen atoms in total. The topological polar surface area (TPSA) is 135 Å². The van der Waals surface area contributed by atoms with E-state index in [0.29, 0.717) is 41.7 Å². The van der Waals surface area contributed by atoms with Gasteiger partial charge in [0.15, 0.2) is 0 Å². The molecule has 31 heavy (non-hydrogen) atoms. The number of halogens is 1. The Morgan fingerprint density at radius 2 is 1.71 bits per heavy atom. The maximum atomic E-state index is 13.8. The molecular formula is C20H24FN7O2S. The molecular weight excluding hydrogens is 421 g/mol. The maximum Gasteiger partial charge on any atom is 0.229 e. The number of sulfonamides is 1. The smallest absolute Gasteiger partial charge is 0.229 e. The maximum absolute atomic E-state index is 13.8. The quantitative estimate of drug-likeness (QED) is 0.389. The molecule has 0 aliphatic rings. The van der Waals surface area contributed by atoms with Crippen LogP contribution in [0.15, 0.2) is 36.5 Å². The first kappa shape index (κ1) is 22.2. The average molecular weight is 446 g/mol. The van der Waals surface area contributed by atoms with E-state index in [4.69, 9.17) is 5.73 Å². The van der Waals surface area contributed by atoms with Crippen LogP contribution in [0.25, 0.3) is 11.3 Å². The van der Waals surface area contributed by atoms with Crippen LogP contribution in [0.4, 0.5) is 27.7 Å². The third-order valence-electron chi connectivity index (χ3n) is 4.33. The lowest BCUT2D eigenvalue weighted by Gasteiger charge is -2.12. The summed E-state index contributed by atoms with van der Waals surface area (Å²) in [5.74, 6) is 0.999. The second kappa shape index (κ2) is 9.13. The minimum absolute atomic E-state index is 0.116. The second-order valence-corrected chi connectivity index (χ2v) is 8.82. The van der Waals surface area contributed by atoms with Crippen LogP contribution in [0.5, 0.6) is 0 Å². The molecule has 2 aromatic heterocycles. The largest absolute Gasteiger partial charge is 0.368 e. The molecule has 0 radical (unpaired) electrons. The van der Waals surface area contributed by atoms with Crippen LogP contribution < -0.4 is 21.1 Å². The summed E-state index contributed by atoms with van der Waals surface area (Å²) in [6.07, 6.45) is 2.51. The highest BCUT2D eigenvalue weighted by molar-refractivity contribution is 7.92. The number of aryl methyl sites for hydroxylation is 2. The number of aromatic nitrogens is 3. The Morgan fingerprint density at radius 3 is 2.35 bits per heavy atom. The summed E-state index contributed by atoms with van der Waals surface area (Å²) in [6.45, 7) is 4.56. The fourth-order valence-corrected chi connectivity index (χ4v) is 3.45. The molecule has 11 heteroatoms. The van der Waals surface area contributed by atoms with Gasteiger partial charge < -0.3 is 16.4 Å². The Morgan fingerprint density at radius 1 is 1.00 bits per heavy atom. The molecule has 0 aliphatic heterocycles. The Labute approximate surface area is 180 Å². The van der Waals surface area contributed by atoms with Gasteiger partial charge in [-0.3, -0.25) is 4.72 Å². The number of anilines is 4. The molecule has 0 amide bonds. The fraction of sp³-hybridized carbons (Fsp3) is 0.250. The Bertz CT molecular complexity index is 1180. The van der Waals surface area contributed by atoms with Crippen LogP contribution in [-0.2, 0) is 10.0 Å². The van der Waals surface area contributed by atoms with Crippen molar-refractivity contribution >= 4 is 33.3 Å². The van der Waals surface area contributed by atoms with Crippen LogP contribution in [-0.4, -0.2) is 42.7 Å². The van der Waals surface area contributed by atoms with Crippen molar-refractivity contribution in [3.8, 4) is 11.3 Å². The van der Waals surface area contributed by atoms with E-state index in [-0.39, 0.29) is 11.8 Å². The Kier molecular flexibility index (Phi) is 6.54. The Hall–Kier alpha value is -3.47. The predicted octanol–water partition coefficient (Wildman–Crippen LogP) is 2.77. The summed E-state index contributed by atoms with van der Waals surface area (Å²) >= 11 is 0. The molecule has 0 atom stereocenters. The highest BCUT2D eigenvalue weighted by atomic mass is 32.2. The van der Waals surface area contributed by atoms with E-state index in [1.165, 1.54) is 12.3 Å². The van der Waals surface area contributed by atoms with Gasteiger partial charge in [0.25, 0.3) is 0 Å². The summed E-state index contributed by atoms with van der Waals surface area (Å²) in [4.78, 5) is 12.6. The van der Waals surface area contributed by atoms with Crippen LogP contribution >= 0.6 is 0 Å². The molecule has 0 unspecified atom stereocenters. The van der Waals surface area contributed by atoms with Crippen molar-refractivity contribution in [3.05, 3.63) is 53.5 Å². The van der Waals surface area contributed by atoms with Gasteiger partial charge in [-0.25, -0.2) is 22.8 Å². The standard InChI is InChI=1S/C20H24FN7O2S/c1-12-9-16(21)13(2)8-15(12)17-10-19(27-20(22)26-17)24-7-6-23-18-5-4-14(11-25-18)28-31(3,29)30/h4-5,8-11,28H,6-7H2,1-3H3,(H,23,25)(H3,22,24,26,27). The zero-order chi connectivity index (χ0) is 22.6. The van der Waals surface area contributed by atoms with Gasteiger partial charge in [0.05, 0.1) is 23.8 Å². The number of hydrogen-bond donors (Lipinski definition) is 4. The van der Waals surface area contributed by atoms with Crippen LogP contribution in [0.3, 0.4) is 0 Å². The highest BCUT2D eigenvalue weighted by Crippen LogP contribution is 2.26. The average Bonchev–Trinajstić information content (AvgIpc) is 2.68. The molecule has 0 aliphatic carbocycles. The van der Waals surface area contributed by atoms with Crippen molar-refractivity contribution < 1.29 is 12.8 Å². The van der Waals surface area contributed by atoms with Gasteiger partial charge in [-0.1, -0.05) is 0 Å². The number of nitrogens with zero attached hydrogens (tertiary/aromatic N) is 3. The SMILES string of the molecule is Cc1cc(-c2cc(NCCNc3ccc(NS(C)(=O)=O)cn3)nc(N)n2)c(C)cc1F. The number of rotatable bonds is 8. The fourth-order valence-electron chi connectivity index (χ4n) is 2.91. The van der Waals surface area contributed by atoms with E-state index in [9.17, 15) is 12.8 Å². The lowest BCUT2D eigenvalue weighted by atomic mass is 10.0. The van der Waals surface area contributed by atoms with Crippen molar-refractivity contribution in [2.24, 2.45) is 0 Å². The molecule has 164 valence electrons. The molecule has 0 spiro atoms. The van der Waals surface area contributed by atoms with Gasteiger partial charge in [0, 0.05) is 24.7 Å². The number of benzene rings is 1. The third kappa shape index (κ3) is 6.25. The van der Waals surface area contributed by atoms with E-state index in [2.05, 4.69) is 30.3 Å². The second-order valence-electron chi connectivity index (χ2n) is 7.07. The van der Waals surface area contributed by atoms with Gasteiger partial charge in [-0.05, 0) is 49.2 Å². The lowest BCUT2D eigenvalue weighted by Crippen LogP contribution is -2.16. The zero-order valence-electron chi connectivity index (χ0n) is 17.4. The highest BCUT2D eigenvalue weighted by Gasteiger charge is 2.10. The molecule has 0 bridgehead atoms. The summed E-state index contributed by atoms with van der Waals surface area (Å²) in [6, 6.07) is 8.28. The van der Waals surface area contributed by atoms with Gasteiger partial charge in [0.1, 0.15) is 17.5 Å². The summed E-state index contributed by atoms with van der Waals surface area (Å²) in [7, 11) is -3.34. The molecule has 3 rings (SSSR count). The van der Waals surface area contributed by atoms with E-state index in [1.54, 1.807) is 31.2 Å². The number of nitrogens with two attached hydrogens (primary N) is 1. The van der Waals surface area contributed by atoms with Gasteiger partial charge in [0.2, 0.25) is 16.0 Å². The molecule has 0 fully saturated rings. The van der Waals surface area contributed by atoms with E-state index >= 15 is 0 Å². The molecule has 1 aromatic carbocycles. The number of nitrogens with one attached hydrogen (secondary N) is 3. The molecule has 2 heterocycles. The van der Waals surface area contributed by atoms with Crippen LogP contribution in [0, 0.1) is 19.7 Å². The van der Waals surface area contributed by atoms with E-state index < -0.39 is 10.0 Å². The first-order chi connectivity index (χ1) is 14.6. The van der Waals surface area contributed by atoms with Crippen molar-refractivity contribution in [1.29, 1.82) is 0 Å². The lowest BCUT2D eigenvalue weighted by molar-refractivity contribution is 0.606. The molecule has 5 N–H and O–H groups in total. The summed E-state index contributed by atoms with van der Waals surface area (Å²) < 4.78 is 38.6. The van der Waals surface area contributed by atoms with Crippen LogP contribution in [0.2, 0.25) is 0 Å². The summed E-state index contributed by atoms with van der Waals surface area (Å²) in [5.41, 5.74) is 8.94. The minimum Gasteiger partial charge on any atom is -0.368 e. The van der Waals surface area contributed by atoms with Gasteiger partial charge in [-0.2, -0.15) is 4.98 Å². The van der Waals surface area contributed by atoms with Gasteiger partial charge in [-0.15, -0.1) is 0 Å². The first-order valence-electron chi connectivity index (χ1n) is 9.44. The van der Waals surface area contributed by atoms with Crippen molar-refractivity contribution in [2.75, 3.05) is 40.4 Å². The van der Waals surface area contributed by atoms with Crippen molar-refractivity contribution in [2.45, 2.75) is 13.8 Å². The normalized spacial score (nSPS) is 11.2. The van der Waals surface area contributed by atoms with Crippen LogP contribution in [0.1, 0.15) is 11.1 Å². The van der Waals surface area contributed by atoms with E-state index in [0.717, 1.165) is 17.4 Å². The first-order valence-corrected chi connectivity index (χ1v) is 11.3. The number of hydrogen-bond acceptors (Lipinski definition) is 8. The number of nitrogen functional groups attached to an aromatic ring is 1. The van der Waals surface area contributed by atoms with E-state index in [1.807, 2.05) is 6.92 Å². The molecule has 3 aromatic rings. The molecule has 0 saturated carbocycles. The third-order valence-corrected chi connectivity index (χ3v) is 4.94. The zero-order valence-corrected chi connectivity index (χ0v) is 18.2. The molecule has 0 saturated heterocycles. The minimum atomic E-state index is -3.34. The monoisotopic (exact) mass is 445 g/mol. The number of pyridine rings is 1. The predicted molar refractivity (Wildman–Crippen MR) is 121 cm³/mol. The summed E-state index contributed by atoms with van der Waals surface area (Å²) in [5, 5.41) is 6.29.